The molecule has 0 radical (unpaired) electrons. The summed E-state index contributed by atoms with van der Waals surface area (Å²) in [5, 5.41) is 18.4. The van der Waals surface area contributed by atoms with Gasteiger partial charge in [0, 0.05) is 24.1 Å². The van der Waals surface area contributed by atoms with Crippen LogP contribution in [0.1, 0.15) is 17.8 Å². The van der Waals surface area contributed by atoms with E-state index in [0.29, 0.717) is 29.0 Å². The Labute approximate surface area is 191 Å². The van der Waals surface area contributed by atoms with Gasteiger partial charge in [0.05, 0.1) is 16.3 Å². The maximum absolute atomic E-state index is 11.6. The van der Waals surface area contributed by atoms with Gasteiger partial charge in [-0.15, -0.1) is 10.2 Å². The lowest BCUT2D eigenvalue weighted by Gasteiger charge is -2.34. The third-order valence-electron chi connectivity index (χ3n) is 5.30. The Morgan fingerprint density at radius 1 is 1.19 bits per heavy atom. The molecule has 0 spiro atoms. The lowest BCUT2D eigenvalue weighted by molar-refractivity contribution is 0.432. The van der Waals surface area contributed by atoms with Gasteiger partial charge in [0.2, 0.25) is 5.95 Å². The van der Waals surface area contributed by atoms with Crippen molar-refractivity contribution in [3.8, 4) is 16.3 Å². The lowest BCUT2D eigenvalue weighted by atomic mass is 9.92. The smallest absolute Gasteiger partial charge is 0.224 e. The summed E-state index contributed by atoms with van der Waals surface area (Å²) in [6.07, 6.45) is 4.12. The Morgan fingerprint density at radius 2 is 1.94 bits per heavy atom. The van der Waals surface area contributed by atoms with Crippen molar-refractivity contribution in [1.29, 1.82) is 0 Å². The first-order chi connectivity index (χ1) is 14.8. The van der Waals surface area contributed by atoms with Crippen molar-refractivity contribution >= 4 is 54.1 Å². The van der Waals surface area contributed by atoms with Gasteiger partial charge in [-0.2, -0.15) is 10.1 Å². The van der Waals surface area contributed by atoms with Crippen LogP contribution in [0.15, 0.2) is 35.1 Å². The second kappa shape index (κ2) is 7.61. The maximum atomic E-state index is 11.6. The van der Waals surface area contributed by atoms with Gasteiger partial charge in [0.15, 0.2) is 5.65 Å². The Morgan fingerprint density at radius 3 is 2.58 bits per heavy atom. The van der Waals surface area contributed by atoms with E-state index >= 15 is 0 Å². The molecule has 1 aliphatic rings. The highest BCUT2D eigenvalue weighted by molar-refractivity contribution is 9.10. The van der Waals surface area contributed by atoms with Crippen molar-refractivity contribution < 1.29 is 8.42 Å². The standard InChI is InChI=1S/C19H18BrN7O2S2/c1-10-24-25-18(30-10)11-3-5-13(6-4-11)27-17-15(16(20)26-27)9-21-19(23-17)22-12-7-14(8-12)31(2,28)29/h3-6,9,12,14H,7-8H2,1-2H3,(H,21,22,23). The molecule has 1 saturated carbocycles. The van der Waals surface area contributed by atoms with Crippen LogP contribution in [0.4, 0.5) is 5.95 Å². The van der Waals surface area contributed by atoms with Crippen molar-refractivity contribution in [1.82, 2.24) is 29.9 Å². The predicted octanol–water partition coefficient (Wildman–Crippen LogP) is 3.39. The number of fused-ring (bicyclic) bond motifs is 1. The molecule has 1 aliphatic carbocycles. The predicted molar refractivity (Wildman–Crippen MR) is 123 cm³/mol. The van der Waals surface area contributed by atoms with Gasteiger partial charge < -0.3 is 5.32 Å². The quantitative estimate of drug-likeness (QED) is 0.426. The number of benzene rings is 1. The minimum Gasteiger partial charge on any atom is -0.351 e. The molecule has 3 aromatic heterocycles. The van der Waals surface area contributed by atoms with Gasteiger partial charge in [-0.3, -0.25) is 0 Å². The normalized spacial score (nSPS) is 18.8. The highest BCUT2D eigenvalue weighted by Gasteiger charge is 2.36. The summed E-state index contributed by atoms with van der Waals surface area (Å²) in [5.74, 6) is 0.457. The summed E-state index contributed by atoms with van der Waals surface area (Å²) < 4.78 is 25.7. The zero-order chi connectivity index (χ0) is 21.8. The molecule has 3 heterocycles. The largest absolute Gasteiger partial charge is 0.351 e. The molecule has 1 aromatic carbocycles. The fourth-order valence-corrected chi connectivity index (χ4v) is 5.79. The van der Waals surface area contributed by atoms with Gasteiger partial charge in [-0.25, -0.2) is 18.1 Å². The van der Waals surface area contributed by atoms with Gasteiger partial charge in [0.25, 0.3) is 0 Å². The first kappa shape index (κ1) is 20.5. The molecule has 0 unspecified atom stereocenters. The molecule has 160 valence electrons. The maximum Gasteiger partial charge on any atom is 0.224 e. The third kappa shape index (κ3) is 3.94. The van der Waals surface area contributed by atoms with Crippen molar-refractivity contribution in [2.24, 2.45) is 0 Å². The van der Waals surface area contributed by atoms with E-state index in [4.69, 9.17) is 0 Å². The molecule has 0 atom stereocenters. The first-order valence-electron chi connectivity index (χ1n) is 9.55. The van der Waals surface area contributed by atoms with E-state index in [-0.39, 0.29) is 11.3 Å². The number of hydrogen-bond donors (Lipinski definition) is 1. The van der Waals surface area contributed by atoms with Crippen LogP contribution < -0.4 is 5.32 Å². The molecule has 4 aromatic rings. The van der Waals surface area contributed by atoms with Crippen LogP contribution in [0.3, 0.4) is 0 Å². The van der Waals surface area contributed by atoms with Crippen LogP contribution in [0.2, 0.25) is 0 Å². The molecule has 12 heteroatoms. The number of sulfone groups is 1. The van der Waals surface area contributed by atoms with E-state index in [1.165, 1.54) is 6.26 Å². The average molecular weight is 520 g/mol. The molecule has 0 bridgehead atoms. The number of aromatic nitrogens is 6. The minimum atomic E-state index is -3.00. The molecule has 0 aliphatic heterocycles. The summed E-state index contributed by atoms with van der Waals surface area (Å²) in [6.45, 7) is 1.93. The molecule has 0 saturated heterocycles. The summed E-state index contributed by atoms with van der Waals surface area (Å²) in [4.78, 5) is 9.01. The van der Waals surface area contributed by atoms with E-state index in [0.717, 1.165) is 26.7 Å². The van der Waals surface area contributed by atoms with Gasteiger partial charge in [0.1, 0.15) is 24.5 Å². The SMILES string of the molecule is Cc1nnc(-c2ccc(-n3nc(Br)c4cnc(NC5CC(S(C)(=O)=O)C5)nc43)cc2)s1. The number of anilines is 1. The van der Waals surface area contributed by atoms with Crippen LogP contribution >= 0.6 is 27.3 Å². The lowest BCUT2D eigenvalue weighted by Crippen LogP contribution is -2.43. The molecule has 1 N–H and O–H groups in total. The van der Waals surface area contributed by atoms with Crippen molar-refractivity contribution in [3.63, 3.8) is 0 Å². The summed E-state index contributed by atoms with van der Waals surface area (Å²) in [7, 11) is -3.00. The van der Waals surface area contributed by atoms with Crippen LogP contribution in [0.25, 0.3) is 27.3 Å². The summed E-state index contributed by atoms with van der Waals surface area (Å²) >= 11 is 5.03. The Bertz CT molecular complexity index is 1380. The third-order valence-corrected chi connectivity index (χ3v) is 8.37. The molecule has 1 fully saturated rings. The number of halogens is 1. The Kier molecular flexibility index (Phi) is 5.02. The van der Waals surface area contributed by atoms with Gasteiger partial charge in [-0.1, -0.05) is 11.3 Å². The van der Waals surface area contributed by atoms with E-state index in [1.54, 1.807) is 22.2 Å². The fourth-order valence-electron chi connectivity index (χ4n) is 3.49. The van der Waals surface area contributed by atoms with Crippen LogP contribution in [0.5, 0.6) is 0 Å². The minimum absolute atomic E-state index is 0.0478. The first-order valence-corrected chi connectivity index (χ1v) is 13.1. The van der Waals surface area contributed by atoms with Crippen LogP contribution in [-0.4, -0.2) is 55.9 Å². The highest BCUT2D eigenvalue weighted by Crippen LogP contribution is 2.30. The average Bonchev–Trinajstić information content (AvgIpc) is 3.27. The number of nitrogens with one attached hydrogen (secondary N) is 1. The number of rotatable bonds is 5. The fraction of sp³-hybridized carbons (Fsp3) is 0.316. The number of hydrogen-bond acceptors (Lipinski definition) is 9. The van der Waals surface area contributed by atoms with E-state index in [2.05, 4.69) is 46.5 Å². The second-order valence-electron chi connectivity index (χ2n) is 7.57. The molecule has 31 heavy (non-hydrogen) atoms. The second-order valence-corrected chi connectivity index (χ2v) is 11.8. The zero-order valence-electron chi connectivity index (χ0n) is 16.6. The van der Waals surface area contributed by atoms with Crippen LogP contribution in [0, 0.1) is 6.92 Å². The van der Waals surface area contributed by atoms with E-state index < -0.39 is 9.84 Å². The molecule has 0 amide bonds. The Hall–Kier alpha value is -2.44. The Balaban J connectivity index is 1.42. The van der Waals surface area contributed by atoms with Gasteiger partial charge in [-0.05, 0) is 60.0 Å². The summed E-state index contributed by atoms with van der Waals surface area (Å²) in [6, 6.07) is 7.94. The van der Waals surface area contributed by atoms with Crippen LogP contribution in [-0.2, 0) is 9.84 Å². The van der Waals surface area contributed by atoms with Crippen molar-refractivity contribution in [3.05, 3.63) is 40.1 Å². The number of nitrogens with zero attached hydrogens (tertiary/aromatic N) is 6. The van der Waals surface area contributed by atoms with Gasteiger partial charge >= 0.3 is 0 Å². The van der Waals surface area contributed by atoms with Crippen molar-refractivity contribution in [2.45, 2.75) is 31.1 Å². The molecule has 9 nitrogen and oxygen atoms in total. The van der Waals surface area contributed by atoms with E-state index in [9.17, 15) is 8.42 Å². The monoisotopic (exact) mass is 519 g/mol. The summed E-state index contributed by atoms with van der Waals surface area (Å²) in [5.41, 5.74) is 2.50. The zero-order valence-corrected chi connectivity index (χ0v) is 19.9. The highest BCUT2D eigenvalue weighted by atomic mass is 79.9. The van der Waals surface area contributed by atoms with E-state index in [1.807, 2.05) is 31.2 Å². The molecule has 5 rings (SSSR count). The number of aryl methyl sites for hydroxylation is 1. The molecular formula is C19H18BrN7O2S2. The van der Waals surface area contributed by atoms with Crippen molar-refractivity contribution in [2.75, 3.05) is 11.6 Å². The topological polar surface area (TPSA) is 116 Å². The molecular weight excluding hydrogens is 502 g/mol.